The fraction of sp³-hybridized carbons (Fsp3) is 0.500. The van der Waals surface area contributed by atoms with Crippen LogP contribution in [0.15, 0.2) is 24.5 Å². The van der Waals surface area contributed by atoms with Gasteiger partial charge in [-0.15, -0.1) is 0 Å². The Morgan fingerprint density at radius 1 is 1.50 bits per heavy atom. The first-order valence-corrected chi connectivity index (χ1v) is 5.56. The predicted octanol–water partition coefficient (Wildman–Crippen LogP) is 1.58. The van der Waals surface area contributed by atoms with Gasteiger partial charge in [-0.2, -0.15) is 0 Å². The highest BCUT2D eigenvalue weighted by Crippen LogP contribution is 2.14. The minimum atomic E-state index is -0.829. The van der Waals surface area contributed by atoms with Crippen LogP contribution in [0.2, 0.25) is 0 Å². The van der Waals surface area contributed by atoms with Crippen molar-refractivity contribution in [3.8, 4) is 0 Å². The number of carbonyl (C=O) groups excluding carboxylic acids is 1. The molecule has 1 aromatic rings. The zero-order valence-corrected chi connectivity index (χ0v) is 9.10. The number of hydrogen-bond donors (Lipinski definition) is 0. The molecule has 1 aromatic heterocycles. The number of nitrogens with zero attached hydrogens (tertiary/aromatic N) is 2. The van der Waals surface area contributed by atoms with Gasteiger partial charge in [0.2, 0.25) is 5.91 Å². The molecule has 1 saturated heterocycles. The van der Waals surface area contributed by atoms with E-state index >= 15 is 0 Å². The summed E-state index contributed by atoms with van der Waals surface area (Å²) in [4.78, 5) is 17.2. The minimum Gasteiger partial charge on any atom is -0.340 e. The molecule has 0 aliphatic carbocycles. The predicted molar refractivity (Wildman–Crippen MR) is 58.7 cm³/mol. The molecule has 0 bridgehead atoms. The monoisotopic (exact) mass is 222 g/mol. The molecule has 0 unspecified atom stereocenters. The molecule has 16 heavy (non-hydrogen) atoms. The first-order valence-electron chi connectivity index (χ1n) is 5.56. The third-order valence-electron chi connectivity index (χ3n) is 2.86. The average molecular weight is 222 g/mol. The summed E-state index contributed by atoms with van der Waals surface area (Å²) in [6.07, 6.45) is 4.25. The average Bonchev–Trinajstić information content (AvgIpc) is 2.74. The van der Waals surface area contributed by atoms with E-state index in [1.165, 1.54) is 0 Å². The quantitative estimate of drug-likeness (QED) is 0.778. The molecule has 3 nitrogen and oxygen atoms in total. The van der Waals surface area contributed by atoms with Gasteiger partial charge in [-0.25, -0.2) is 4.39 Å². The maximum absolute atomic E-state index is 12.9. The summed E-state index contributed by atoms with van der Waals surface area (Å²) in [5, 5.41) is 0. The molecule has 0 N–H and O–H groups in total. The number of aryl methyl sites for hydroxylation is 1. The van der Waals surface area contributed by atoms with Gasteiger partial charge in [-0.1, -0.05) is 0 Å². The molecule has 1 fully saturated rings. The summed E-state index contributed by atoms with van der Waals surface area (Å²) in [6, 6.07) is 3.80. The van der Waals surface area contributed by atoms with Crippen molar-refractivity contribution in [2.75, 3.05) is 13.1 Å². The zero-order valence-electron chi connectivity index (χ0n) is 9.10. The highest BCUT2D eigenvalue weighted by Gasteiger charge is 2.25. The van der Waals surface area contributed by atoms with Gasteiger partial charge >= 0.3 is 0 Å². The molecule has 1 aliphatic rings. The molecule has 4 heteroatoms. The van der Waals surface area contributed by atoms with E-state index in [2.05, 4.69) is 4.98 Å². The van der Waals surface area contributed by atoms with Gasteiger partial charge in [0.05, 0.1) is 6.54 Å². The highest BCUT2D eigenvalue weighted by molar-refractivity contribution is 5.76. The molecule has 1 aliphatic heterocycles. The lowest BCUT2D eigenvalue weighted by atomic mass is 10.1. The number of pyridine rings is 1. The number of hydrogen-bond acceptors (Lipinski definition) is 2. The molecular formula is C12H15FN2O. The number of rotatable bonds is 3. The van der Waals surface area contributed by atoms with Crippen molar-refractivity contribution in [3.05, 3.63) is 30.1 Å². The van der Waals surface area contributed by atoms with Crippen LogP contribution in [0.4, 0.5) is 4.39 Å². The summed E-state index contributed by atoms with van der Waals surface area (Å²) >= 11 is 0. The Bertz CT molecular complexity index is 355. The van der Waals surface area contributed by atoms with Crippen LogP contribution in [-0.4, -0.2) is 35.1 Å². The lowest BCUT2D eigenvalue weighted by Gasteiger charge is -2.14. The van der Waals surface area contributed by atoms with Crippen LogP contribution >= 0.6 is 0 Å². The molecular weight excluding hydrogens is 207 g/mol. The second-order valence-electron chi connectivity index (χ2n) is 4.08. The zero-order chi connectivity index (χ0) is 11.4. The van der Waals surface area contributed by atoms with Gasteiger partial charge in [0.25, 0.3) is 0 Å². The maximum Gasteiger partial charge on any atom is 0.222 e. The fourth-order valence-corrected chi connectivity index (χ4v) is 1.90. The fourth-order valence-electron chi connectivity index (χ4n) is 1.90. The number of aromatic nitrogens is 1. The molecule has 2 rings (SSSR count). The van der Waals surface area contributed by atoms with Crippen molar-refractivity contribution < 1.29 is 9.18 Å². The van der Waals surface area contributed by atoms with Gasteiger partial charge in [0.1, 0.15) is 6.17 Å². The molecule has 1 atom stereocenters. The second kappa shape index (κ2) is 5.05. The number of likely N-dealkylation sites (tertiary alicyclic amines) is 1. The highest BCUT2D eigenvalue weighted by atomic mass is 19.1. The summed E-state index contributed by atoms with van der Waals surface area (Å²) in [5.74, 6) is 0.0527. The van der Waals surface area contributed by atoms with E-state index in [-0.39, 0.29) is 12.5 Å². The summed E-state index contributed by atoms with van der Waals surface area (Å²) in [6.45, 7) is 0.839. The molecule has 0 saturated carbocycles. The van der Waals surface area contributed by atoms with Gasteiger partial charge in [0.15, 0.2) is 0 Å². The Kier molecular flexibility index (Phi) is 3.49. The number of alkyl halides is 1. The minimum absolute atomic E-state index is 0.0527. The summed E-state index contributed by atoms with van der Waals surface area (Å²) in [7, 11) is 0. The van der Waals surface area contributed by atoms with Gasteiger partial charge in [-0.05, 0) is 30.5 Å². The Balaban J connectivity index is 1.80. The van der Waals surface area contributed by atoms with Crippen LogP contribution < -0.4 is 0 Å². The second-order valence-corrected chi connectivity index (χ2v) is 4.08. The summed E-state index contributed by atoms with van der Waals surface area (Å²) < 4.78 is 12.9. The van der Waals surface area contributed by atoms with Crippen molar-refractivity contribution in [2.24, 2.45) is 0 Å². The van der Waals surface area contributed by atoms with Crippen LogP contribution in [0.5, 0.6) is 0 Å². The third kappa shape index (κ3) is 2.78. The Morgan fingerprint density at radius 3 is 2.88 bits per heavy atom. The number of halogens is 1. The molecule has 0 spiro atoms. The summed E-state index contributed by atoms with van der Waals surface area (Å²) in [5.41, 5.74) is 1.10. The van der Waals surface area contributed by atoms with Crippen molar-refractivity contribution in [2.45, 2.75) is 25.4 Å². The van der Waals surface area contributed by atoms with Crippen molar-refractivity contribution in [1.29, 1.82) is 0 Å². The lowest BCUT2D eigenvalue weighted by molar-refractivity contribution is -0.130. The largest absolute Gasteiger partial charge is 0.340 e. The number of carbonyl (C=O) groups is 1. The van der Waals surface area contributed by atoms with Gasteiger partial charge in [0, 0.05) is 25.4 Å². The van der Waals surface area contributed by atoms with Crippen LogP contribution in [0.25, 0.3) is 0 Å². The Hall–Kier alpha value is -1.45. The Morgan fingerprint density at radius 2 is 2.25 bits per heavy atom. The van der Waals surface area contributed by atoms with E-state index in [9.17, 15) is 9.18 Å². The molecule has 1 amide bonds. The van der Waals surface area contributed by atoms with Crippen molar-refractivity contribution in [1.82, 2.24) is 9.88 Å². The molecule has 0 radical (unpaired) electrons. The molecule has 2 heterocycles. The van der Waals surface area contributed by atoms with E-state index in [4.69, 9.17) is 0 Å². The van der Waals surface area contributed by atoms with Crippen molar-refractivity contribution in [3.63, 3.8) is 0 Å². The number of amides is 1. The van der Waals surface area contributed by atoms with E-state index < -0.39 is 6.17 Å². The van der Waals surface area contributed by atoms with Crippen LogP contribution in [0.1, 0.15) is 18.4 Å². The first-order chi connectivity index (χ1) is 7.75. The first kappa shape index (κ1) is 11.0. The molecule has 86 valence electrons. The van der Waals surface area contributed by atoms with Gasteiger partial charge in [-0.3, -0.25) is 9.78 Å². The van der Waals surface area contributed by atoms with E-state index in [1.54, 1.807) is 17.3 Å². The van der Waals surface area contributed by atoms with E-state index in [1.807, 2.05) is 12.1 Å². The topological polar surface area (TPSA) is 33.2 Å². The normalized spacial score (nSPS) is 20.1. The van der Waals surface area contributed by atoms with Gasteiger partial charge < -0.3 is 4.90 Å². The third-order valence-corrected chi connectivity index (χ3v) is 2.86. The molecule has 0 aromatic carbocycles. The van der Waals surface area contributed by atoms with Crippen LogP contribution in [0, 0.1) is 0 Å². The van der Waals surface area contributed by atoms with Crippen molar-refractivity contribution >= 4 is 5.91 Å². The smallest absolute Gasteiger partial charge is 0.222 e. The van der Waals surface area contributed by atoms with Crippen LogP contribution in [0.3, 0.4) is 0 Å². The standard InChI is InChI=1S/C12H15FN2O/c13-11-5-8-15(9-11)12(16)2-1-10-3-6-14-7-4-10/h3-4,6-7,11H,1-2,5,8-9H2/t11-/m0/s1. The van der Waals surface area contributed by atoms with Crippen LogP contribution in [-0.2, 0) is 11.2 Å². The lowest BCUT2D eigenvalue weighted by Crippen LogP contribution is -2.29. The van der Waals surface area contributed by atoms with E-state index in [0.29, 0.717) is 25.8 Å². The SMILES string of the molecule is O=C(CCc1ccncc1)N1CC[C@H](F)C1. The Labute approximate surface area is 94.3 Å². The maximum atomic E-state index is 12.9. The van der Waals surface area contributed by atoms with E-state index in [0.717, 1.165) is 5.56 Å².